The van der Waals surface area contributed by atoms with Gasteiger partial charge >= 0.3 is 0 Å². The summed E-state index contributed by atoms with van der Waals surface area (Å²) in [6, 6.07) is 1.85. The quantitative estimate of drug-likeness (QED) is 0.832. The minimum Gasteiger partial charge on any atom is -0.384 e. The minimum atomic E-state index is -0.166. The van der Waals surface area contributed by atoms with Crippen molar-refractivity contribution in [1.82, 2.24) is 5.32 Å². The van der Waals surface area contributed by atoms with Crippen LogP contribution in [0, 0.1) is 24.7 Å². The van der Waals surface area contributed by atoms with E-state index in [1.54, 1.807) is 0 Å². The van der Waals surface area contributed by atoms with E-state index < -0.39 is 0 Å². The van der Waals surface area contributed by atoms with Crippen molar-refractivity contribution in [2.45, 2.75) is 19.8 Å². The van der Waals surface area contributed by atoms with Gasteiger partial charge in [0, 0.05) is 13.2 Å². The van der Waals surface area contributed by atoms with Gasteiger partial charge in [0.05, 0.1) is 16.4 Å². The molecule has 4 nitrogen and oxygen atoms in total. The molecule has 2 rings (SSSR count). The van der Waals surface area contributed by atoms with Gasteiger partial charge < -0.3 is 15.2 Å². The molecule has 0 bridgehead atoms. The average Bonchev–Trinajstić information content (AvgIpc) is 2.85. The Morgan fingerprint density at radius 2 is 2.50 bits per heavy atom. The molecule has 1 atom stereocenters. The third-order valence-corrected chi connectivity index (χ3v) is 4.38. The summed E-state index contributed by atoms with van der Waals surface area (Å²) in [5, 5.41) is 11.7. The molecule has 1 aromatic rings. The van der Waals surface area contributed by atoms with Gasteiger partial charge in [-0.1, -0.05) is 11.8 Å². The van der Waals surface area contributed by atoms with E-state index in [1.165, 1.54) is 11.3 Å². The molecule has 1 aromatic heterocycles. The molecule has 5 heteroatoms. The van der Waals surface area contributed by atoms with Crippen LogP contribution in [-0.4, -0.2) is 37.4 Å². The zero-order valence-electron chi connectivity index (χ0n) is 11.6. The lowest BCUT2D eigenvalue weighted by Crippen LogP contribution is -2.32. The van der Waals surface area contributed by atoms with E-state index in [0.717, 1.165) is 36.5 Å². The third kappa shape index (κ3) is 4.07. The van der Waals surface area contributed by atoms with Crippen LogP contribution in [0.4, 0.5) is 0 Å². The predicted molar refractivity (Wildman–Crippen MR) is 78.9 cm³/mol. The maximum Gasteiger partial charge on any atom is 0.261 e. The number of thiophene rings is 1. The summed E-state index contributed by atoms with van der Waals surface area (Å²) in [6.07, 6.45) is 2.18. The lowest BCUT2D eigenvalue weighted by Gasteiger charge is -2.21. The molecule has 0 aliphatic carbocycles. The maximum atomic E-state index is 12.1. The first-order chi connectivity index (χ1) is 9.70. The van der Waals surface area contributed by atoms with Crippen molar-refractivity contribution < 1.29 is 14.6 Å². The zero-order chi connectivity index (χ0) is 14.4. The molecular weight excluding hydrogens is 274 g/mol. The van der Waals surface area contributed by atoms with Crippen molar-refractivity contribution in [3.05, 3.63) is 21.4 Å². The fourth-order valence-electron chi connectivity index (χ4n) is 2.13. The molecule has 0 radical (unpaired) electrons. The lowest BCUT2D eigenvalue weighted by molar-refractivity contribution is 0.0536. The van der Waals surface area contributed by atoms with E-state index in [2.05, 4.69) is 17.2 Å². The van der Waals surface area contributed by atoms with Gasteiger partial charge in [0.25, 0.3) is 5.91 Å². The molecule has 20 heavy (non-hydrogen) atoms. The highest BCUT2D eigenvalue weighted by atomic mass is 32.1. The Morgan fingerprint density at radius 3 is 3.20 bits per heavy atom. The number of aryl methyl sites for hydroxylation is 1. The first kappa shape index (κ1) is 15.0. The van der Waals surface area contributed by atoms with Gasteiger partial charge in [0.15, 0.2) is 0 Å². The SMILES string of the molecule is Cc1cc(C(=O)NCC2CCCOC2)sc1C#CCO. The van der Waals surface area contributed by atoms with E-state index in [9.17, 15) is 4.79 Å². The van der Waals surface area contributed by atoms with Crippen molar-refractivity contribution in [1.29, 1.82) is 0 Å². The molecular formula is C15H19NO3S. The predicted octanol–water partition coefficient (Wildman–Crippen LogP) is 1.56. The van der Waals surface area contributed by atoms with E-state index >= 15 is 0 Å². The van der Waals surface area contributed by atoms with E-state index in [-0.39, 0.29) is 12.5 Å². The molecule has 0 saturated carbocycles. The number of nitrogens with one attached hydrogen (secondary N) is 1. The molecule has 0 aromatic carbocycles. The molecule has 0 spiro atoms. The van der Waals surface area contributed by atoms with Crippen LogP contribution in [0.5, 0.6) is 0 Å². The summed E-state index contributed by atoms with van der Waals surface area (Å²) in [7, 11) is 0. The standard InChI is InChI=1S/C15H19NO3S/c1-11-8-14(20-13(11)5-2-6-17)15(18)16-9-12-4-3-7-19-10-12/h8,12,17H,3-4,6-7,9-10H2,1H3,(H,16,18). The van der Waals surface area contributed by atoms with Crippen LogP contribution in [-0.2, 0) is 4.74 Å². The van der Waals surface area contributed by atoms with Crippen molar-refractivity contribution in [2.24, 2.45) is 5.92 Å². The average molecular weight is 293 g/mol. The Hall–Kier alpha value is -1.35. The van der Waals surface area contributed by atoms with Crippen LogP contribution < -0.4 is 5.32 Å². The molecule has 1 saturated heterocycles. The molecule has 2 N–H and O–H groups in total. The van der Waals surface area contributed by atoms with Crippen LogP contribution in [0.15, 0.2) is 6.07 Å². The normalized spacial score (nSPS) is 18.2. The van der Waals surface area contributed by atoms with Crippen molar-refractivity contribution in [2.75, 3.05) is 26.4 Å². The summed E-state index contributed by atoms with van der Waals surface area (Å²) >= 11 is 1.37. The number of ether oxygens (including phenoxy) is 1. The number of carbonyl (C=O) groups excluding carboxylic acids is 1. The second-order valence-electron chi connectivity index (χ2n) is 4.88. The summed E-state index contributed by atoms with van der Waals surface area (Å²) in [6.45, 7) is 3.98. The molecule has 1 fully saturated rings. The summed E-state index contributed by atoms with van der Waals surface area (Å²) in [5.41, 5.74) is 0.974. The van der Waals surface area contributed by atoms with Gasteiger partial charge in [-0.25, -0.2) is 0 Å². The summed E-state index contributed by atoms with van der Waals surface area (Å²) in [4.78, 5) is 13.6. The second-order valence-corrected chi connectivity index (χ2v) is 5.93. The van der Waals surface area contributed by atoms with Gasteiger partial charge in [0.1, 0.15) is 6.61 Å². The number of aliphatic hydroxyl groups excluding tert-OH is 1. The zero-order valence-corrected chi connectivity index (χ0v) is 12.4. The Bertz CT molecular complexity index is 521. The van der Waals surface area contributed by atoms with Crippen molar-refractivity contribution >= 4 is 17.2 Å². The smallest absolute Gasteiger partial charge is 0.261 e. The third-order valence-electron chi connectivity index (χ3n) is 3.23. The second kappa shape index (κ2) is 7.44. The number of hydrogen-bond donors (Lipinski definition) is 2. The Labute approximate surface area is 123 Å². The van der Waals surface area contributed by atoms with E-state index in [1.807, 2.05) is 13.0 Å². The molecule has 1 unspecified atom stereocenters. The number of aliphatic hydroxyl groups is 1. The highest BCUT2D eigenvalue weighted by Gasteiger charge is 2.16. The first-order valence-electron chi connectivity index (χ1n) is 6.77. The van der Waals surface area contributed by atoms with E-state index in [4.69, 9.17) is 9.84 Å². The van der Waals surface area contributed by atoms with Crippen LogP contribution in [0.1, 0.15) is 33.0 Å². The molecule has 1 aliphatic rings. The van der Waals surface area contributed by atoms with Gasteiger partial charge in [-0.2, -0.15) is 0 Å². The number of hydrogen-bond acceptors (Lipinski definition) is 4. The molecule has 1 amide bonds. The van der Waals surface area contributed by atoms with Crippen molar-refractivity contribution in [3.63, 3.8) is 0 Å². The van der Waals surface area contributed by atoms with Crippen LogP contribution in [0.3, 0.4) is 0 Å². The molecule has 2 heterocycles. The fraction of sp³-hybridized carbons (Fsp3) is 0.533. The first-order valence-corrected chi connectivity index (χ1v) is 7.58. The Kier molecular flexibility index (Phi) is 5.60. The Morgan fingerprint density at radius 1 is 1.65 bits per heavy atom. The number of rotatable bonds is 3. The minimum absolute atomic E-state index is 0.0549. The van der Waals surface area contributed by atoms with Crippen LogP contribution >= 0.6 is 11.3 Å². The van der Waals surface area contributed by atoms with Crippen LogP contribution in [0.2, 0.25) is 0 Å². The molecule has 108 valence electrons. The lowest BCUT2D eigenvalue weighted by atomic mass is 10.0. The topological polar surface area (TPSA) is 58.6 Å². The van der Waals surface area contributed by atoms with Gasteiger partial charge in [0.2, 0.25) is 0 Å². The number of carbonyl (C=O) groups is 1. The Balaban J connectivity index is 1.91. The number of amides is 1. The van der Waals surface area contributed by atoms with Gasteiger partial charge in [-0.3, -0.25) is 4.79 Å². The van der Waals surface area contributed by atoms with Gasteiger partial charge in [-0.15, -0.1) is 11.3 Å². The van der Waals surface area contributed by atoms with E-state index in [0.29, 0.717) is 17.3 Å². The summed E-state index contributed by atoms with van der Waals surface area (Å²) in [5.74, 6) is 5.83. The van der Waals surface area contributed by atoms with Gasteiger partial charge in [-0.05, 0) is 37.3 Å². The monoisotopic (exact) mass is 293 g/mol. The highest BCUT2D eigenvalue weighted by Crippen LogP contribution is 2.21. The van der Waals surface area contributed by atoms with Crippen LogP contribution in [0.25, 0.3) is 0 Å². The highest BCUT2D eigenvalue weighted by molar-refractivity contribution is 7.14. The van der Waals surface area contributed by atoms with Crippen molar-refractivity contribution in [3.8, 4) is 11.8 Å². The maximum absolute atomic E-state index is 12.1. The molecule has 1 aliphatic heterocycles. The summed E-state index contributed by atoms with van der Waals surface area (Å²) < 4.78 is 5.40. The largest absolute Gasteiger partial charge is 0.384 e. The fourth-order valence-corrected chi connectivity index (χ4v) is 3.09.